The molecule has 0 aliphatic heterocycles. The van der Waals surface area contributed by atoms with Crippen LogP contribution in [0.2, 0.25) is 0 Å². The summed E-state index contributed by atoms with van der Waals surface area (Å²) in [5, 5.41) is 0. The van der Waals surface area contributed by atoms with Gasteiger partial charge in [-0.25, -0.2) is 17.6 Å². The fourth-order valence-electron chi connectivity index (χ4n) is 2.57. The Morgan fingerprint density at radius 1 is 0.458 bits per heavy atom. The van der Waals surface area contributed by atoms with Crippen LogP contribution in [0, 0.1) is 37.1 Å². The second-order valence-corrected chi connectivity index (χ2v) is 5.69. The first-order chi connectivity index (χ1) is 11.4. The Morgan fingerprint density at radius 3 is 1.12 bits per heavy atom. The minimum Gasteiger partial charge on any atom is -0.203 e. The summed E-state index contributed by atoms with van der Waals surface area (Å²) >= 11 is 0. The van der Waals surface area contributed by atoms with Crippen molar-refractivity contribution in [3.8, 4) is 22.3 Å². The van der Waals surface area contributed by atoms with Crippen LogP contribution in [-0.2, 0) is 0 Å². The summed E-state index contributed by atoms with van der Waals surface area (Å²) in [5.41, 5.74) is 1.63. The Balaban J connectivity index is 2.04. The smallest absolute Gasteiger partial charge is 0.166 e. The molecule has 3 aromatic rings. The first kappa shape index (κ1) is 16.2. The van der Waals surface area contributed by atoms with E-state index >= 15 is 0 Å². The maximum absolute atomic E-state index is 14.0. The van der Waals surface area contributed by atoms with Crippen LogP contribution in [0.15, 0.2) is 48.5 Å². The Kier molecular flexibility index (Phi) is 4.14. The molecule has 0 spiro atoms. The van der Waals surface area contributed by atoms with Gasteiger partial charge in [-0.1, -0.05) is 48.5 Å². The van der Waals surface area contributed by atoms with Gasteiger partial charge in [0.1, 0.15) is 0 Å². The molecule has 0 fully saturated rings. The summed E-state index contributed by atoms with van der Waals surface area (Å²) in [7, 11) is 0. The summed E-state index contributed by atoms with van der Waals surface area (Å²) in [6.07, 6.45) is 0. The Bertz CT molecular complexity index is 835. The van der Waals surface area contributed by atoms with Gasteiger partial charge in [-0.2, -0.15) is 0 Å². The average molecular weight is 330 g/mol. The Morgan fingerprint density at radius 2 is 0.792 bits per heavy atom. The van der Waals surface area contributed by atoms with Gasteiger partial charge in [0.15, 0.2) is 23.3 Å². The van der Waals surface area contributed by atoms with Gasteiger partial charge >= 0.3 is 0 Å². The largest absolute Gasteiger partial charge is 0.203 e. The molecule has 0 amide bonds. The van der Waals surface area contributed by atoms with Crippen molar-refractivity contribution >= 4 is 0 Å². The molecule has 0 atom stereocenters. The molecule has 0 saturated carbocycles. The van der Waals surface area contributed by atoms with Crippen LogP contribution in [-0.4, -0.2) is 0 Å². The predicted molar refractivity (Wildman–Crippen MR) is 86.6 cm³/mol. The number of hydrogen-bond donors (Lipinski definition) is 0. The molecule has 3 rings (SSSR count). The molecule has 122 valence electrons. The molecular weight excluding hydrogens is 316 g/mol. The zero-order valence-corrected chi connectivity index (χ0v) is 13.1. The normalized spacial score (nSPS) is 10.9. The lowest BCUT2D eigenvalue weighted by Crippen LogP contribution is -1.94. The number of hydrogen-bond acceptors (Lipinski definition) is 0. The highest BCUT2D eigenvalue weighted by molar-refractivity contribution is 5.71. The lowest BCUT2D eigenvalue weighted by Gasteiger charge is -2.09. The van der Waals surface area contributed by atoms with Gasteiger partial charge in [0.25, 0.3) is 0 Å². The fraction of sp³-hybridized carbons (Fsp3) is 0.100. The van der Waals surface area contributed by atoms with Gasteiger partial charge in [-0.3, -0.25) is 0 Å². The second-order valence-electron chi connectivity index (χ2n) is 5.69. The van der Waals surface area contributed by atoms with Crippen LogP contribution >= 0.6 is 0 Å². The SMILES string of the molecule is Cc1ccc(-c2ccc(-c3ccc(C)c(F)c3F)cc2)c(F)c1F. The monoisotopic (exact) mass is 330 g/mol. The highest BCUT2D eigenvalue weighted by Gasteiger charge is 2.15. The van der Waals surface area contributed by atoms with E-state index in [1.54, 1.807) is 24.3 Å². The fourth-order valence-corrected chi connectivity index (χ4v) is 2.57. The van der Waals surface area contributed by atoms with E-state index in [0.29, 0.717) is 11.1 Å². The van der Waals surface area contributed by atoms with Crippen molar-refractivity contribution in [3.05, 3.63) is 82.9 Å². The first-order valence-electron chi connectivity index (χ1n) is 7.40. The van der Waals surface area contributed by atoms with Crippen LogP contribution in [0.25, 0.3) is 22.3 Å². The number of benzene rings is 3. The van der Waals surface area contributed by atoms with Gasteiger partial charge in [-0.05, 0) is 36.1 Å². The molecule has 0 radical (unpaired) electrons. The van der Waals surface area contributed by atoms with E-state index in [0.717, 1.165) is 0 Å². The van der Waals surface area contributed by atoms with Gasteiger partial charge in [0.2, 0.25) is 0 Å². The summed E-state index contributed by atoms with van der Waals surface area (Å²) in [4.78, 5) is 0. The maximum Gasteiger partial charge on any atom is 0.166 e. The van der Waals surface area contributed by atoms with Crippen molar-refractivity contribution in [1.82, 2.24) is 0 Å². The predicted octanol–water partition coefficient (Wildman–Crippen LogP) is 6.19. The van der Waals surface area contributed by atoms with E-state index < -0.39 is 23.3 Å². The average Bonchev–Trinajstić information content (AvgIpc) is 2.58. The summed E-state index contributed by atoms with van der Waals surface area (Å²) in [6.45, 7) is 2.97. The molecule has 0 aliphatic carbocycles. The lowest BCUT2D eigenvalue weighted by molar-refractivity contribution is 0.505. The molecule has 0 aliphatic rings. The van der Waals surface area contributed by atoms with Crippen molar-refractivity contribution in [1.29, 1.82) is 0 Å². The molecule has 4 heteroatoms. The van der Waals surface area contributed by atoms with Crippen molar-refractivity contribution in [3.63, 3.8) is 0 Å². The summed E-state index contributed by atoms with van der Waals surface area (Å²) in [6, 6.07) is 12.2. The van der Waals surface area contributed by atoms with E-state index in [9.17, 15) is 17.6 Å². The highest BCUT2D eigenvalue weighted by atomic mass is 19.2. The minimum absolute atomic E-state index is 0.125. The quantitative estimate of drug-likeness (QED) is 0.491. The third kappa shape index (κ3) is 2.68. The zero-order valence-electron chi connectivity index (χ0n) is 13.1. The molecule has 0 unspecified atom stereocenters. The first-order valence-corrected chi connectivity index (χ1v) is 7.40. The van der Waals surface area contributed by atoms with E-state index in [-0.39, 0.29) is 22.3 Å². The van der Waals surface area contributed by atoms with Crippen molar-refractivity contribution in [2.75, 3.05) is 0 Å². The van der Waals surface area contributed by atoms with E-state index in [2.05, 4.69) is 0 Å². The molecule has 0 bridgehead atoms. The topological polar surface area (TPSA) is 0 Å². The van der Waals surface area contributed by atoms with Crippen LogP contribution < -0.4 is 0 Å². The molecule has 0 N–H and O–H groups in total. The molecule has 0 aromatic heterocycles. The molecule has 3 aromatic carbocycles. The van der Waals surface area contributed by atoms with Crippen molar-refractivity contribution in [2.24, 2.45) is 0 Å². The number of aryl methyl sites for hydroxylation is 2. The number of halogens is 4. The van der Waals surface area contributed by atoms with Gasteiger partial charge in [-0.15, -0.1) is 0 Å². The minimum atomic E-state index is -0.921. The maximum atomic E-state index is 14.0. The van der Waals surface area contributed by atoms with E-state index in [4.69, 9.17) is 0 Å². The van der Waals surface area contributed by atoms with E-state index in [1.165, 1.54) is 38.1 Å². The van der Waals surface area contributed by atoms with Crippen LogP contribution in [0.1, 0.15) is 11.1 Å². The highest BCUT2D eigenvalue weighted by Crippen LogP contribution is 2.30. The van der Waals surface area contributed by atoms with E-state index in [1.807, 2.05) is 0 Å². The van der Waals surface area contributed by atoms with Crippen LogP contribution in [0.3, 0.4) is 0 Å². The Hall–Kier alpha value is -2.62. The second kappa shape index (κ2) is 6.11. The Labute approximate surface area is 137 Å². The molecular formula is C20H14F4. The van der Waals surface area contributed by atoms with Crippen LogP contribution in [0.4, 0.5) is 17.6 Å². The molecule has 0 saturated heterocycles. The van der Waals surface area contributed by atoms with Crippen LogP contribution in [0.5, 0.6) is 0 Å². The molecule has 24 heavy (non-hydrogen) atoms. The van der Waals surface area contributed by atoms with Gasteiger partial charge in [0, 0.05) is 11.1 Å². The third-order valence-electron chi connectivity index (χ3n) is 4.06. The molecule has 0 heterocycles. The summed E-state index contributed by atoms with van der Waals surface area (Å²) in [5.74, 6) is -3.61. The standard InChI is InChI=1S/C20H14F4/c1-11-3-9-15(19(23)17(11)21)13-5-7-14(8-6-13)16-10-4-12(2)18(22)20(16)24/h3-10H,1-2H3. The molecule has 0 nitrogen and oxygen atoms in total. The number of rotatable bonds is 2. The van der Waals surface area contributed by atoms with Crippen molar-refractivity contribution in [2.45, 2.75) is 13.8 Å². The lowest BCUT2D eigenvalue weighted by atomic mass is 9.98. The van der Waals surface area contributed by atoms with Gasteiger partial charge < -0.3 is 0 Å². The summed E-state index contributed by atoms with van der Waals surface area (Å²) < 4.78 is 55.5. The van der Waals surface area contributed by atoms with Crippen molar-refractivity contribution < 1.29 is 17.6 Å². The zero-order chi connectivity index (χ0) is 17.4. The third-order valence-corrected chi connectivity index (χ3v) is 4.06. The van der Waals surface area contributed by atoms with Gasteiger partial charge in [0.05, 0.1) is 0 Å².